The average Bonchev–Trinajstić information content (AvgIpc) is 3.35. The predicted octanol–water partition coefficient (Wildman–Crippen LogP) is 4.07. The molecule has 3 aromatic rings. The van der Waals surface area contributed by atoms with Crippen LogP contribution < -0.4 is 5.32 Å². The summed E-state index contributed by atoms with van der Waals surface area (Å²) in [7, 11) is 0. The molecule has 1 aliphatic rings. The smallest absolute Gasteiger partial charge is 0.276 e. The van der Waals surface area contributed by atoms with Gasteiger partial charge in [0, 0.05) is 30.4 Å². The molecule has 2 amide bonds. The van der Waals surface area contributed by atoms with Crippen molar-refractivity contribution in [2.24, 2.45) is 0 Å². The van der Waals surface area contributed by atoms with Crippen molar-refractivity contribution in [2.45, 2.75) is 57.7 Å². The highest BCUT2D eigenvalue weighted by molar-refractivity contribution is 7.03. The number of carbonyl (C=O) groups is 2. The number of nitrogens with one attached hydrogen (secondary N) is 1. The van der Waals surface area contributed by atoms with E-state index < -0.39 is 6.04 Å². The van der Waals surface area contributed by atoms with Gasteiger partial charge in [-0.2, -0.15) is 0 Å². The molecule has 166 valence electrons. The Kier molecular flexibility index (Phi) is 7.21. The van der Waals surface area contributed by atoms with Gasteiger partial charge in [0.25, 0.3) is 5.91 Å². The number of aromatic nitrogens is 3. The average molecular weight is 450 g/mol. The molecule has 1 aromatic carbocycles. The minimum atomic E-state index is -0.786. The summed E-state index contributed by atoms with van der Waals surface area (Å²) < 4.78 is 3.85. The number of benzene rings is 1. The summed E-state index contributed by atoms with van der Waals surface area (Å²) >= 11 is 1.12. The molecule has 0 bridgehead atoms. The topological polar surface area (TPSA) is 88.1 Å². The molecule has 8 heteroatoms. The Morgan fingerprint density at radius 1 is 1.19 bits per heavy atom. The highest BCUT2D eigenvalue weighted by atomic mass is 32.1. The zero-order valence-corrected chi connectivity index (χ0v) is 18.9. The van der Waals surface area contributed by atoms with E-state index in [1.807, 2.05) is 43.3 Å². The molecule has 2 heterocycles. The van der Waals surface area contributed by atoms with E-state index in [1.165, 1.54) is 6.42 Å². The Morgan fingerprint density at radius 2 is 2.03 bits per heavy atom. The van der Waals surface area contributed by atoms with Gasteiger partial charge in [-0.05, 0) is 48.5 Å². The van der Waals surface area contributed by atoms with Crippen LogP contribution in [0, 0.1) is 6.92 Å². The molecule has 1 fully saturated rings. The van der Waals surface area contributed by atoms with E-state index in [0.29, 0.717) is 0 Å². The van der Waals surface area contributed by atoms with Gasteiger partial charge in [0.2, 0.25) is 5.91 Å². The van der Waals surface area contributed by atoms with Crippen molar-refractivity contribution >= 4 is 23.3 Å². The van der Waals surface area contributed by atoms with Gasteiger partial charge in [0.15, 0.2) is 5.69 Å². The molecule has 1 saturated carbocycles. The largest absolute Gasteiger partial charge is 0.351 e. The Hall–Kier alpha value is -3.13. The summed E-state index contributed by atoms with van der Waals surface area (Å²) in [6.45, 7) is 2.22. The monoisotopic (exact) mass is 449 g/mol. The Balaban J connectivity index is 1.72. The Labute approximate surface area is 192 Å². The minimum absolute atomic E-state index is 0.139. The zero-order chi connectivity index (χ0) is 22.3. The van der Waals surface area contributed by atoms with Crippen molar-refractivity contribution in [3.05, 3.63) is 76.6 Å². The fourth-order valence-electron chi connectivity index (χ4n) is 4.21. The maximum absolute atomic E-state index is 13.7. The first kappa shape index (κ1) is 22.1. The first-order valence-corrected chi connectivity index (χ1v) is 11.8. The third kappa shape index (κ3) is 5.37. The number of rotatable bonds is 7. The van der Waals surface area contributed by atoms with E-state index in [-0.39, 0.29) is 30.1 Å². The number of pyridine rings is 1. The van der Waals surface area contributed by atoms with Crippen LogP contribution >= 0.6 is 11.5 Å². The van der Waals surface area contributed by atoms with Crippen LogP contribution in [-0.2, 0) is 11.3 Å². The minimum Gasteiger partial charge on any atom is -0.351 e. The van der Waals surface area contributed by atoms with E-state index in [1.54, 1.807) is 22.7 Å². The van der Waals surface area contributed by atoms with Crippen molar-refractivity contribution in [1.29, 1.82) is 0 Å². The number of nitrogens with zero attached hydrogens (tertiary/aromatic N) is 4. The lowest BCUT2D eigenvalue weighted by Gasteiger charge is -2.33. The summed E-state index contributed by atoms with van der Waals surface area (Å²) in [5.74, 6) is -0.490. The third-order valence-corrected chi connectivity index (χ3v) is 6.29. The summed E-state index contributed by atoms with van der Waals surface area (Å²) in [4.78, 5) is 33.0. The van der Waals surface area contributed by atoms with Gasteiger partial charge in [-0.15, -0.1) is 5.10 Å². The van der Waals surface area contributed by atoms with Gasteiger partial charge in [-0.25, -0.2) is 0 Å². The van der Waals surface area contributed by atoms with Crippen molar-refractivity contribution in [1.82, 2.24) is 24.8 Å². The van der Waals surface area contributed by atoms with Gasteiger partial charge >= 0.3 is 0 Å². The molecule has 0 unspecified atom stereocenters. The summed E-state index contributed by atoms with van der Waals surface area (Å²) in [5, 5.41) is 8.81. The van der Waals surface area contributed by atoms with Gasteiger partial charge < -0.3 is 10.2 Å². The molecule has 0 radical (unpaired) electrons. The van der Waals surface area contributed by atoms with Crippen LogP contribution in [0.2, 0.25) is 0 Å². The Bertz CT molecular complexity index is 1040. The van der Waals surface area contributed by atoms with Crippen molar-refractivity contribution in [3.8, 4) is 0 Å². The number of hydrogen-bond donors (Lipinski definition) is 1. The molecule has 4 rings (SSSR count). The van der Waals surface area contributed by atoms with Crippen molar-refractivity contribution < 1.29 is 9.59 Å². The summed E-state index contributed by atoms with van der Waals surface area (Å²) in [5.41, 5.74) is 2.88. The Morgan fingerprint density at radius 3 is 2.72 bits per heavy atom. The molecule has 7 nitrogen and oxygen atoms in total. The number of carbonyl (C=O) groups excluding carboxylic acids is 2. The van der Waals surface area contributed by atoms with Crippen LogP contribution in [0.4, 0.5) is 0 Å². The molecule has 1 atom stereocenters. The van der Waals surface area contributed by atoms with Crippen molar-refractivity contribution in [3.63, 3.8) is 0 Å². The van der Waals surface area contributed by atoms with Gasteiger partial charge in [-0.1, -0.05) is 59.6 Å². The summed E-state index contributed by atoms with van der Waals surface area (Å²) in [6, 6.07) is 10.9. The zero-order valence-electron chi connectivity index (χ0n) is 18.1. The molecule has 0 saturated heterocycles. The SMILES string of the molecule is Cc1cccc([C@H](C(=O)NC2CCCCC2)N(Cc2cccnc2)C(=O)c2csnn2)c1. The second kappa shape index (κ2) is 10.5. The van der Waals surface area contributed by atoms with Crippen LogP contribution in [0.15, 0.2) is 54.2 Å². The maximum Gasteiger partial charge on any atom is 0.276 e. The molecule has 2 aromatic heterocycles. The van der Waals surface area contributed by atoms with Crippen LogP contribution in [0.25, 0.3) is 0 Å². The highest BCUT2D eigenvalue weighted by Crippen LogP contribution is 2.27. The van der Waals surface area contributed by atoms with E-state index >= 15 is 0 Å². The molecule has 32 heavy (non-hydrogen) atoms. The van der Waals surface area contributed by atoms with Crippen LogP contribution in [-0.4, -0.2) is 37.3 Å². The quantitative estimate of drug-likeness (QED) is 0.587. The van der Waals surface area contributed by atoms with E-state index in [4.69, 9.17) is 0 Å². The second-order valence-electron chi connectivity index (χ2n) is 8.24. The first-order chi connectivity index (χ1) is 15.6. The highest BCUT2D eigenvalue weighted by Gasteiger charge is 2.34. The molecule has 0 spiro atoms. The fraction of sp³-hybridized carbons (Fsp3) is 0.375. The summed E-state index contributed by atoms with van der Waals surface area (Å²) in [6.07, 6.45) is 8.78. The molecular weight excluding hydrogens is 422 g/mol. The van der Waals surface area contributed by atoms with Crippen LogP contribution in [0.1, 0.15) is 65.3 Å². The van der Waals surface area contributed by atoms with E-state index in [0.717, 1.165) is 53.9 Å². The van der Waals surface area contributed by atoms with E-state index in [9.17, 15) is 9.59 Å². The normalized spacial score (nSPS) is 15.2. The molecule has 0 aliphatic heterocycles. The lowest BCUT2D eigenvalue weighted by atomic mass is 9.94. The van der Waals surface area contributed by atoms with Gasteiger partial charge in [0.1, 0.15) is 6.04 Å². The standard InChI is InChI=1S/C24H27N5O2S/c1-17-7-5-9-19(13-17)22(23(30)26-20-10-3-2-4-11-20)29(15-18-8-6-12-25-14-18)24(31)21-16-32-28-27-21/h5-9,12-14,16,20,22H,2-4,10-11,15H2,1H3,(H,26,30)/t22-/m1/s1. The molecule has 1 aliphatic carbocycles. The van der Waals surface area contributed by atoms with E-state index in [2.05, 4.69) is 19.9 Å². The van der Waals surface area contributed by atoms with Crippen LogP contribution in [0.3, 0.4) is 0 Å². The molecular formula is C24H27N5O2S. The lowest BCUT2D eigenvalue weighted by Crippen LogP contribution is -2.47. The number of hydrogen-bond acceptors (Lipinski definition) is 6. The second-order valence-corrected chi connectivity index (χ2v) is 8.85. The van der Waals surface area contributed by atoms with Gasteiger partial charge in [0.05, 0.1) is 0 Å². The predicted molar refractivity (Wildman–Crippen MR) is 123 cm³/mol. The third-order valence-electron chi connectivity index (χ3n) is 5.79. The molecule has 1 N–H and O–H groups in total. The maximum atomic E-state index is 13.7. The van der Waals surface area contributed by atoms with Crippen molar-refractivity contribution in [2.75, 3.05) is 0 Å². The number of aryl methyl sites for hydroxylation is 1. The first-order valence-electron chi connectivity index (χ1n) is 11.0. The fourth-order valence-corrected chi connectivity index (χ4v) is 4.64. The van der Waals surface area contributed by atoms with Gasteiger partial charge in [-0.3, -0.25) is 14.6 Å². The van der Waals surface area contributed by atoms with Crippen LogP contribution in [0.5, 0.6) is 0 Å². The number of amides is 2. The lowest BCUT2D eigenvalue weighted by molar-refractivity contribution is -0.127.